The summed E-state index contributed by atoms with van der Waals surface area (Å²) < 4.78 is 19.5. The normalized spacial score (nSPS) is 30.5. The van der Waals surface area contributed by atoms with Gasteiger partial charge in [0.25, 0.3) is 0 Å². The van der Waals surface area contributed by atoms with E-state index >= 15 is 0 Å². The van der Waals surface area contributed by atoms with Crippen LogP contribution in [-0.2, 0) is 14.8 Å². The first-order chi connectivity index (χ1) is 13.5. The second-order valence-electron chi connectivity index (χ2n) is 10.6. The van der Waals surface area contributed by atoms with E-state index < -0.39 is 8.32 Å². The first-order valence-electron chi connectivity index (χ1n) is 11.2. The van der Waals surface area contributed by atoms with Crippen LogP contribution < -0.4 is 0 Å². The Morgan fingerprint density at radius 2 is 2.07 bits per heavy atom. The third-order valence-corrected chi connectivity index (χ3v) is 12.5. The summed E-state index contributed by atoms with van der Waals surface area (Å²) in [6.45, 7) is 22.9. The fourth-order valence-electron chi connectivity index (χ4n) is 5.53. The minimum Gasteiger partial charge on any atom is -0.469 e. The molecular formula is C25H40O3Si. The first-order valence-corrected chi connectivity index (χ1v) is 14.1. The quantitative estimate of drug-likeness (QED) is 0.344. The van der Waals surface area contributed by atoms with Crippen molar-refractivity contribution in [2.45, 2.75) is 96.6 Å². The average molecular weight is 417 g/mol. The van der Waals surface area contributed by atoms with Gasteiger partial charge in [-0.05, 0) is 56.0 Å². The van der Waals surface area contributed by atoms with E-state index in [2.05, 4.69) is 73.4 Å². The number of rotatable bonds is 7. The SMILES string of the molecule is C=CCO[C@]12CC=C([C@@H](C)O[Si](C)(C)C(C)(C)C)[C@@]1(CC)C[C@@H](C)c1occc12. The number of hydrogen-bond acceptors (Lipinski definition) is 3. The molecule has 29 heavy (non-hydrogen) atoms. The molecule has 0 bridgehead atoms. The Morgan fingerprint density at radius 3 is 2.66 bits per heavy atom. The molecule has 3 nitrogen and oxygen atoms in total. The van der Waals surface area contributed by atoms with Crippen molar-refractivity contribution in [2.75, 3.05) is 6.61 Å². The molecule has 0 aliphatic heterocycles. The molecule has 0 saturated carbocycles. The van der Waals surface area contributed by atoms with Crippen molar-refractivity contribution in [3.63, 3.8) is 0 Å². The van der Waals surface area contributed by atoms with Crippen molar-refractivity contribution in [1.82, 2.24) is 0 Å². The molecule has 3 rings (SSSR count). The highest BCUT2D eigenvalue weighted by atomic mass is 28.4. The summed E-state index contributed by atoms with van der Waals surface area (Å²) in [5.41, 5.74) is 2.19. The van der Waals surface area contributed by atoms with E-state index in [-0.39, 0.29) is 22.2 Å². The Kier molecular flexibility index (Phi) is 5.87. The lowest BCUT2D eigenvalue weighted by Crippen LogP contribution is -2.52. The third kappa shape index (κ3) is 3.32. The topological polar surface area (TPSA) is 31.6 Å². The minimum atomic E-state index is -1.88. The van der Waals surface area contributed by atoms with Crippen molar-refractivity contribution in [3.8, 4) is 0 Å². The van der Waals surface area contributed by atoms with E-state index in [4.69, 9.17) is 13.6 Å². The molecule has 1 heterocycles. The molecule has 0 N–H and O–H groups in total. The van der Waals surface area contributed by atoms with Crippen LogP contribution in [0, 0.1) is 5.41 Å². The van der Waals surface area contributed by atoms with Crippen LogP contribution in [0.1, 0.15) is 78.0 Å². The van der Waals surface area contributed by atoms with E-state index in [0.29, 0.717) is 12.5 Å². The Bertz CT molecular complexity index is 784. The molecule has 0 saturated heterocycles. The smallest absolute Gasteiger partial charge is 0.192 e. The largest absolute Gasteiger partial charge is 0.469 e. The lowest BCUT2D eigenvalue weighted by atomic mass is 9.57. The molecule has 0 radical (unpaired) electrons. The Morgan fingerprint density at radius 1 is 1.38 bits per heavy atom. The zero-order chi connectivity index (χ0) is 21.7. The highest BCUT2D eigenvalue weighted by molar-refractivity contribution is 6.74. The van der Waals surface area contributed by atoms with Gasteiger partial charge in [-0.3, -0.25) is 0 Å². The number of hydrogen-bond donors (Lipinski definition) is 0. The van der Waals surface area contributed by atoms with Crippen molar-refractivity contribution in [2.24, 2.45) is 5.41 Å². The molecule has 0 fully saturated rings. The lowest BCUT2D eigenvalue weighted by molar-refractivity contribution is -0.128. The molecule has 1 aromatic rings. The van der Waals surface area contributed by atoms with E-state index in [9.17, 15) is 0 Å². The fraction of sp³-hybridized carbons (Fsp3) is 0.680. The Balaban J connectivity index is 2.05. The molecule has 162 valence electrons. The number of furan rings is 1. The Hall–Kier alpha value is -1.10. The summed E-state index contributed by atoms with van der Waals surface area (Å²) in [6, 6.07) is 2.13. The van der Waals surface area contributed by atoms with Gasteiger partial charge < -0.3 is 13.6 Å². The van der Waals surface area contributed by atoms with Gasteiger partial charge in [-0.15, -0.1) is 6.58 Å². The zero-order valence-corrected chi connectivity index (χ0v) is 20.7. The monoisotopic (exact) mass is 416 g/mol. The maximum absolute atomic E-state index is 6.89. The van der Waals surface area contributed by atoms with Gasteiger partial charge in [-0.1, -0.05) is 46.8 Å². The molecule has 2 aliphatic carbocycles. The summed E-state index contributed by atoms with van der Waals surface area (Å²) >= 11 is 0. The second kappa shape index (κ2) is 7.54. The van der Waals surface area contributed by atoms with Gasteiger partial charge in [0, 0.05) is 16.9 Å². The lowest BCUT2D eigenvalue weighted by Gasteiger charge is -2.53. The van der Waals surface area contributed by atoms with Gasteiger partial charge in [0.15, 0.2) is 8.32 Å². The molecule has 0 unspecified atom stereocenters. The van der Waals surface area contributed by atoms with Crippen LogP contribution in [0.2, 0.25) is 18.1 Å². The fourth-order valence-corrected chi connectivity index (χ4v) is 6.89. The molecule has 4 atom stereocenters. The van der Waals surface area contributed by atoms with Crippen LogP contribution in [0.3, 0.4) is 0 Å². The average Bonchev–Trinajstić information content (AvgIpc) is 3.23. The van der Waals surface area contributed by atoms with E-state index in [0.717, 1.165) is 25.0 Å². The summed E-state index contributed by atoms with van der Waals surface area (Å²) in [7, 11) is -1.88. The summed E-state index contributed by atoms with van der Waals surface area (Å²) in [5, 5.41) is 0.188. The van der Waals surface area contributed by atoms with E-state index in [1.807, 2.05) is 12.3 Å². The van der Waals surface area contributed by atoms with Gasteiger partial charge in [0.05, 0.1) is 19.0 Å². The summed E-state index contributed by atoms with van der Waals surface area (Å²) in [4.78, 5) is 0. The van der Waals surface area contributed by atoms with Gasteiger partial charge >= 0.3 is 0 Å². The standard InChI is InChI=1S/C25H40O3Si/c1-10-15-27-25-14-12-20(19(4)28-29(8,9)23(5,6)7)24(25,11-2)17-18(3)22-21(25)13-16-26-22/h10,12-13,16,18-19H,1,11,14-15,17H2,2-9H3/t18-,19-,24-,25+/m1/s1. The third-order valence-electron chi connectivity index (χ3n) is 7.93. The first kappa shape index (κ1) is 22.6. The second-order valence-corrected chi connectivity index (χ2v) is 15.3. The highest BCUT2D eigenvalue weighted by Crippen LogP contribution is 2.66. The van der Waals surface area contributed by atoms with Gasteiger partial charge in [0.1, 0.15) is 11.4 Å². The maximum atomic E-state index is 6.89. The molecule has 1 aromatic heterocycles. The van der Waals surface area contributed by atoms with Gasteiger partial charge in [-0.25, -0.2) is 0 Å². The molecule has 0 amide bonds. The van der Waals surface area contributed by atoms with Crippen molar-refractivity contribution in [1.29, 1.82) is 0 Å². The number of ether oxygens (including phenoxy) is 1. The van der Waals surface area contributed by atoms with Crippen molar-refractivity contribution in [3.05, 3.63) is 48.0 Å². The summed E-state index contributed by atoms with van der Waals surface area (Å²) in [6.07, 6.45) is 9.12. The van der Waals surface area contributed by atoms with Crippen molar-refractivity contribution < 1.29 is 13.6 Å². The van der Waals surface area contributed by atoms with Crippen LogP contribution >= 0.6 is 0 Å². The number of fused-ring (bicyclic) bond motifs is 3. The molecule has 0 spiro atoms. The highest BCUT2D eigenvalue weighted by Gasteiger charge is 2.62. The van der Waals surface area contributed by atoms with Crippen LogP contribution in [0.4, 0.5) is 0 Å². The summed E-state index contributed by atoms with van der Waals surface area (Å²) in [5.74, 6) is 1.45. The van der Waals surface area contributed by atoms with Gasteiger partial charge in [-0.2, -0.15) is 0 Å². The minimum absolute atomic E-state index is 0.0753. The van der Waals surface area contributed by atoms with Crippen LogP contribution in [0.5, 0.6) is 0 Å². The van der Waals surface area contributed by atoms with E-state index in [1.54, 1.807) is 0 Å². The van der Waals surface area contributed by atoms with Crippen LogP contribution in [0.25, 0.3) is 0 Å². The molecular weight excluding hydrogens is 376 g/mol. The Labute approximate surface area is 178 Å². The predicted octanol–water partition coefficient (Wildman–Crippen LogP) is 7.32. The molecule has 0 aromatic carbocycles. The zero-order valence-electron chi connectivity index (χ0n) is 19.7. The maximum Gasteiger partial charge on any atom is 0.192 e. The van der Waals surface area contributed by atoms with E-state index in [1.165, 1.54) is 11.1 Å². The van der Waals surface area contributed by atoms with Gasteiger partial charge in [0.2, 0.25) is 0 Å². The van der Waals surface area contributed by atoms with Crippen LogP contribution in [-0.4, -0.2) is 21.0 Å². The molecule has 4 heteroatoms. The molecule has 2 aliphatic rings. The predicted molar refractivity (Wildman–Crippen MR) is 123 cm³/mol. The van der Waals surface area contributed by atoms with Crippen molar-refractivity contribution >= 4 is 8.32 Å². The van der Waals surface area contributed by atoms with Crippen LogP contribution in [0.15, 0.2) is 41.1 Å².